The molecular formula is C17H19FN2O2. The largest absolute Gasteiger partial charge is 0.361 e. The lowest BCUT2D eigenvalue weighted by Gasteiger charge is -2.21. The SMILES string of the molecule is Cc1cc(CC(=O)N2C[C@@H](c3ccc(F)cc3)C[C@H]2C)no1. The molecule has 116 valence electrons. The molecule has 2 atom stereocenters. The number of aryl methyl sites for hydroxylation is 1. The van der Waals surface area contributed by atoms with Crippen molar-refractivity contribution in [1.29, 1.82) is 0 Å². The number of halogens is 1. The smallest absolute Gasteiger partial charge is 0.228 e. The third-order valence-corrected chi connectivity index (χ3v) is 4.25. The van der Waals surface area contributed by atoms with Gasteiger partial charge in [0.15, 0.2) is 0 Å². The van der Waals surface area contributed by atoms with Crippen LogP contribution in [0.15, 0.2) is 34.9 Å². The summed E-state index contributed by atoms with van der Waals surface area (Å²) in [5.41, 5.74) is 1.75. The van der Waals surface area contributed by atoms with E-state index in [1.54, 1.807) is 6.07 Å². The summed E-state index contributed by atoms with van der Waals surface area (Å²) in [5.74, 6) is 0.801. The Bertz CT molecular complexity index is 666. The molecule has 1 aromatic heterocycles. The number of amides is 1. The van der Waals surface area contributed by atoms with E-state index in [1.807, 2.05) is 24.0 Å². The lowest BCUT2D eigenvalue weighted by molar-refractivity contribution is -0.131. The number of rotatable bonds is 3. The summed E-state index contributed by atoms with van der Waals surface area (Å²) in [6, 6.07) is 8.53. The summed E-state index contributed by atoms with van der Waals surface area (Å²) in [6.07, 6.45) is 1.16. The monoisotopic (exact) mass is 302 g/mol. The summed E-state index contributed by atoms with van der Waals surface area (Å²) in [5, 5.41) is 3.87. The van der Waals surface area contributed by atoms with Crippen LogP contribution in [0.5, 0.6) is 0 Å². The lowest BCUT2D eigenvalue weighted by atomic mass is 9.97. The summed E-state index contributed by atoms with van der Waals surface area (Å²) in [7, 11) is 0. The zero-order valence-electron chi connectivity index (χ0n) is 12.8. The molecule has 1 aromatic carbocycles. The average molecular weight is 302 g/mol. The number of carbonyl (C=O) groups is 1. The van der Waals surface area contributed by atoms with Crippen LogP contribution in [-0.4, -0.2) is 28.6 Å². The van der Waals surface area contributed by atoms with Gasteiger partial charge in [0.2, 0.25) is 5.91 Å². The van der Waals surface area contributed by atoms with Crippen molar-refractivity contribution in [2.45, 2.75) is 38.6 Å². The first-order chi connectivity index (χ1) is 10.5. The predicted octanol–water partition coefficient (Wildman–Crippen LogP) is 3.07. The Labute approximate surface area is 128 Å². The van der Waals surface area contributed by atoms with Crippen LogP contribution >= 0.6 is 0 Å². The molecule has 2 heterocycles. The van der Waals surface area contributed by atoms with Crippen LogP contribution < -0.4 is 0 Å². The predicted molar refractivity (Wildman–Crippen MR) is 79.9 cm³/mol. The van der Waals surface area contributed by atoms with Gasteiger partial charge in [-0.3, -0.25) is 4.79 Å². The summed E-state index contributed by atoms with van der Waals surface area (Å²) >= 11 is 0. The van der Waals surface area contributed by atoms with Gasteiger partial charge in [-0.1, -0.05) is 17.3 Å². The molecule has 0 saturated carbocycles. The van der Waals surface area contributed by atoms with Crippen LogP contribution in [0.3, 0.4) is 0 Å². The quantitative estimate of drug-likeness (QED) is 0.875. The Kier molecular flexibility index (Phi) is 3.96. The molecule has 0 radical (unpaired) electrons. The van der Waals surface area contributed by atoms with Crippen LogP contribution in [0.1, 0.15) is 36.3 Å². The van der Waals surface area contributed by atoms with Crippen molar-refractivity contribution in [3.05, 3.63) is 53.2 Å². The Morgan fingerprint density at radius 3 is 2.77 bits per heavy atom. The third-order valence-electron chi connectivity index (χ3n) is 4.25. The van der Waals surface area contributed by atoms with Crippen molar-refractivity contribution in [3.8, 4) is 0 Å². The highest BCUT2D eigenvalue weighted by molar-refractivity contribution is 5.79. The molecule has 1 fully saturated rings. The van der Waals surface area contributed by atoms with Crippen LogP contribution in [0.4, 0.5) is 4.39 Å². The molecule has 1 aliphatic heterocycles. The van der Waals surface area contributed by atoms with Gasteiger partial charge in [0.1, 0.15) is 11.6 Å². The van der Waals surface area contributed by atoms with Crippen LogP contribution in [-0.2, 0) is 11.2 Å². The highest BCUT2D eigenvalue weighted by atomic mass is 19.1. The van der Waals surface area contributed by atoms with Crippen LogP contribution in [0, 0.1) is 12.7 Å². The number of carbonyl (C=O) groups excluding carboxylic acids is 1. The molecule has 2 aromatic rings. The molecule has 0 N–H and O–H groups in total. The van der Waals surface area contributed by atoms with E-state index in [4.69, 9.17) is 4.52 Å². The van der Waals surface area contributed by atoms with Gasteiger partial charge in [0, 0.05) is 24.6 Å². The Balaban J connectivity index is 1.67. The number of benzene rings is 1. The van der Waals surface area contributed by atoms with E-state index in [0.29, 0.717) is 18.0 Å². The van der Waals surface area contributed by atoms with Crippen molar-refractivity contribution < 1.29 is 13.7 Å². The Morgan fingerprint density at radius 1 is 1.41 bits per heavy atom. The van der Waals surface area contributed by atoms with Crippen LogP contribution in [0.2, 0.25) is 0 Å². The average Bonchev–Trinajstić information content (AvgIpc) is 3.06. The number of hydrogen-bond acceptors (Lipinski definition) is 3. The third kappa shape index (κ3) is 3.03. The molecule has 1 aliphatic rings. The minimum absolute atomic E-state index is 0.0606. The van der Waals surface area contributed by atoms with Gasteiger partial charge in [-0.25, -0.2) is 4.39 Å². The number of likely N-dealkylation sites (tertiary alicyclic amines) is 1. The molecule has 0 unspecified atom stereocenters. The van der Waals surface area contributed by atoms with E-state index >= 15 is 0 Å². The van der Waals surface area contributed by atoms with E-state index in [-0.39, 0.29) is 30.1 Å². The topological polar surface area (TPSA) is 46.3 Å². The first kappa shape index (κ1) is 14.8. The zero-order chi connectivity index (χ0) is 15.7. The molecule has 22 heavy (non-hydrogen) atoms. The Hall–Kier alpha value is -2.17. The Morgan fingerprint density at radius 2 is 2.14 bits per heavy atom. The summed E-state index contributed by atoms with van der Waals surface area (Å²) in [4.78, 5) is 14.3. The van der Waals surface area contributed by atoms with Gasteiger partial charge < -0.3 is 9.42 Å². The van der Waals surface area contributed by atoms with E-state index in [1.165, 1.54) is 12.1 Å². The van der Waals surface area contributed by atoms with E-state index in [0.717, 1.165) is 12.0 Å². The van der Waals surface area contributed by atoms with Gasteiger partial charge in [-0.05, 0) is 38.0 Å². The fraction of sp³-hybridized carbons (Fsp3) is 0.412. The van der Waals surface area contributed by atoms with Gasteiger partial charge in [-0.15, -0.1) is 0 Å². The van der Waals surface area contributed by atoms with Gasteiger partial charge >= 0.3 is 0 Å². The fourth-order valence-corrected chi connectivity index (χ4v) is 3.11. The normalized spacial score (nSPS) is 21.3. The fourth-order valence-electron chi connectivity index (χ4n) is 3.11. The maximum atomic E-state index is 13.0. The maximum Gasteiger partial charge on any atom is 0.228 e. The molecule has 3 rings (SSSR count). The van der Waals surface area contributed by atoms with Gasteiger partial charge in [-0.2, -0.15) is 0 Å². The minimum atomic E-state index is -0.232. The second-order valence-electron chi connectivity index (χ2n) is 5.98. The number of aromatic nitrogens is 1. The van der Waals surface area contributed by atoms with Crippen molar-refractivity contribution in [2.24, 2.45) is 0 Å². The molecule has 1 saturated heterocycles. The second-order valence-corrected chi connectivity index (χ2v) is 5.98. The van der Waals surface area contributed by atoms with Crippen molar-refractivity contribution in [2.75, 3.05) is 6.54 Å². The molecule has 0 bridgehead atoms. The summed E-state index contributed by atoms with van der Waals surface area (Å²) in [6.45, 7) is 4.53. The molecule has 0 spiro atoms. The van der Waals surface area contributed by atoms with Crippen molar-refractivity contribution in [3.63, 3.8) is 0 Å². The van der Waals surface area contributed by atoms with E-state index < -0.39 is 0 Å². The number of hydrogen-bond donors (Lipinski definition) is 0. The van der Waals surface area contributed by atoms with Crippen molar-refractivity contribution >= 4 is 5.91 Å². The molecule has 0 aliphatic carbocycles. The minimum Gasteiger partial charge on any atom is -0.361 e. The van der Waals surface area contributed by atoms with Crippen LogP contribution in [0.25, 0.3) is 0 Å². The second kappa shape index (κ2) is 5.91. The van der Waals surface area contributed by atoms with Gasteiger partial charge in [0.05, 0.1) is 12.1 Å². The van der Waals surface area contributed by atoms with E-state index in [2.05, 4.69) is 12.1 Å². The number of nitrogens with zero attached hydrogens (tertiary/aromatic N) is 2. The molecule has 5 heteroatoms. The highest BCUT2D eigenvalue weighted by Crippen LogP contribution is 2.32. The highest BCUT2D eigenvalue weighted by Gasteiger charge is 2.33. The standard InChI is InChI=1S/C17H19FN2O2/c1-11-7-14(13-3-5-15(18)6-4-13)10-20(11)17(21)9-16-8-12(2)22-19-16/h3-6,8,11,14H,7,9-10H2,1-2H3/t11-,14+/m1/s1. The van der Waals surface area contributed by atoms with E-state index in [9.17, 15) is 9.18 Å². The first-order valence-corrected chi connectivity index (χ1v) is 7.50. The van der Waals surface area contributed by atoms with Crippen molar-refractivity contribution in [1.82, 2.24) is 10.1 Å². The lowest BCUT2D eigenvalue weighted by Crippen LogP contribution is -2.35. The first-order valence-electron chi connectivity index (χ1n) is 7.50. The maximum absolute atomic E-state index is 13.0. The molecule has 1 amide bonds. The zero-order valence-corrected chi connectivity index (χ0v) is 12.8. The van der Waals surface area contributed by atoms with Gasteiger partial charge in [0.25, 0.3) is 0 Å². The molecular weight excluding hydrogens is 283 g/mol. The summed E-state index contributed by atoms with van der Waals surface area (Å²) < 4.78 is 18.0. The molecule has 4 nitrogen and oxygen atoms in total.